The number of ether oxygens (including phenoxy) is 2. The van der Waals surface area contributed by atoms with Crippen LogP contribution in [0.2, 0.25) is 0 Å². The van der Waals surface area contributed by atoms with Gasteiger partial charge < -0.3 is 19.7 Å². The fourth-order valence-corrected chi connectivity index (χ4v) is 2.46. The van der Waals surface area contributed by atoms with Gasteiger partial charge in [-0.1, -0.05) is 0 Å². The van der Waals surface area contributed by atoms with E-state index >= 15 is 0 Å². The molecule has 0 aromatic heterocycles. The minimum atomic E-state index is -0.0862. The van der Waals surface area contributed by atoms with E-state index in [1.54, 1.807) is 19.0 Å². The Bertz CT molecular complexity index is 275. The zero-order valence-corrected chi connectivity index (χ0v) is 10.7. The molecule has 5 nitrogen and oxygen atoms in total. The molecule has 2 heterocycles. The Hall–Kier alpha value is -0.650. The van der Waals surface area contributed by atoms with Gasteiger partial charge in [-0.15, -0.1) is 0 Å². The Morgan fingerprint density at radius 3 is 2.94 bits per heavy atom. The van der Waals surface area contributed by atoms with Crippen molar-refractivity contribution >= 4 is 5.91 Å². The summed E-state index contributed by atoms with van der Waals surface area (Å²) in [7, 11) is 3.56. The Labute approximate surface area is 102 Å². The molecular formula is C12H22N2O3. The van der Waals surface area contributed by atoms with E-state index in [1.165, 1.54) is 0 Å². The van der Waals surface area contributed by atoms with Gasteiger partial charge in [0.25, 0.3) is 0 Å². The molecule has 2 atom stereocenters. The number of carbonyl (C=O) groups is 1. The van der Waals surface area contributed by atoms with Crippen molar-refractivity contribution in [2.45, 2.75) is 30.9 Å². The number of likely N-dealkylation sites (N-methyl/N-ethyl adjacent to an activating group) is 1. The first-order chi connectivity index (χ1) is 8.11. The van der Waals surface area contributed by atoms with Gasteiger partial charge in [0.05, 0.1) is 18.8 Å². The van der Waals surface area contributed by atoms with Gasteiger partial charge in [0, 0.05) is 39.8 Å². The van der Waals surface area contributed by atoms with E-state index in [9.17, 15) is 4.79 Å². The smallest absolute Gasteiger partial charge is 0.236 e. The quantitative estimate of drug-likeness (QED) is 0.757. The molecule has 2 aliphatic rings. The van der Waals surface area contributed by atoms with E-state index in [-0.39, 0.29) is 11.5 Å². The van der Waals surface area contributed by atoms with Crippen LogP contribution in [0.15, 0.2) is 0 Å². The molecule has 5 heteroatoms. The third-order valence-electron chi connectivity index (χ3n) is 3.60. The van der Waals surface area contributed by atoms with Crippen LogP contribution in [0.4, 0.5) is 0 Å². The summed E-state index contributed by atoms with van der Waals surface area (Å²) in [5.74, 6) is 0.119. The largest absolute Gasteiger partial charge is 0.378 e. The number of amides is 1. The van der Waals surface area contributed by atoms with Crippen LogP contribution in [-0.4, -0.2) is 62.9 Å². The average molecular weight is 242 g/mol. The van der Waals surface area contributed by atoms with Crippen LogP contribution in [0.3, 0.4) is 0 Å². The molecule has 2 fully saturated rings. The van der Waals surface area contributed by atoms with Gasteiger partial charge in [0.15, 0.2) is 0 Å². The Morgan fingerprint density at radius 1 is 1.47 bits per heavy atom. The van der Waals surface area contributed by atoms with Crippen LogP contribution in [0.1, 0.15) is 19.3 Å². The molecule has 1 spiro atoms. The van der Waals surface area contributed by atoms with Crippen LogP contribution < -0.4 is 5.32 Å². The summed E-state index contributed by atoms with van der Waals surface area (Å²) in [4.78, 5) is 13.1. The molecule has 2 aliphatic heterocycles. The zero-order valence-electron chi connectivity index (χ0n) is 10.7. The monoisotopic (exact) mass is 242 g/mol. The van der Waals surface area contributed by atoms with Crippen LogP contribution >= 0.6 is 0 Å². The van der Waals surface area contributed by atoms with Crippen LogP contribution in [-0.2, 0) is 14.3 Å². The second kappa shape index (κ2) is 5.33. The summed E-state index contributed by atoms with van der Waals surface area (Å²) in [5.41, 5.74) is -0.0862. The number of rotatable bonds is 3. The lowest BCUT2D eigenvalue weighted by molar-refractivity contribution is -0.128. The SMILES string of the molecule is CN(C)C(=O)CNC1CCOC2(CCOC2)C1. The fraction of sp³-hybridized carbons (Fsp3) is 0.917. The van der Waals surface area contributed by atoms with Crippen molar-refractivity contribution in [3.05, 3.63) is 0 Å². The highest BCUT2D eigenvalue weighted by atomic mass is 16.6. The van der Waals surface area contributed by atoms with Crippen LogP contribution in [0.25, 0.3) is 0 Å². The number of carbonyl (C=O) groups excluding carboxylic acids is 1. The average Bonchev–Trinajstić information content (AvgIpc) is 2.74. The number of hydrogen-bond acceptors (Lipinski definition) is 4. The van der Waals surface area contributed by atoms with Gasteiger partial charge >= 0.3 is 0 Å². The molecule has 2 rings (SSSR count). The van der Waals surface area contributed by atoms with Gasteiger partial charge in [-0.05, 0) is 12.8 Å². The minimum Gasteiger partial charge on any atom is -0.378 e. The molecule has 1 amide bonds. The van der Waals surface area contributed by atoms with Crippen molar-refractivity contribution in [3.8, 4) is 0 Å². The predicted molar refractivity (Wildman–Crippen MR) is 63.8 cm³/mol. The van der Waals surface area contributed by atoms with Gasteiger partial charge in [-0.3, -0.25) is 4.79 Å². The minimum absolute atomic E-state index is 0.0862. The topological polar surface area (TPSA) is 50.8 Å². The lowest BCUT2D eigenvalue weighted by Crippen LogP contribution is -2.49. The lowest BCUT2D eigenvalue weighted by Gasteiger charge is -2.37. The highest BCUT2D eigenvalue weighted by Gasteiger charge is 2.40. The van der Waals surface area contributed by atoms with E-state index in [2.05, 4.69) is 5.32 Å². The molecule has 0 aromatic carbocycles. The first-order valence-electron chi connectivity index (χ1n) is 6.27. The van der Waals surface area contributed by atoms with Crippen LogP contribution in [0, 0.1) is 0 Å². The molecule has 0 radical (unpaired) electrons. The van der Waals surface area contributed by atoms with Crippen molar-refractivity contribution in [2.24, 2.45) is 0 Å². The number of nitrogens with one attached hydrogen (secondary N) is 1. The van der Waals surface area contributed by atoms with E-state index in [0.717, 1.165) is 32.5 Å². The maximum absolute atomic E-state index is 11.5. The first-order valence-corrected chi connectivity index (χ1v) is 6.27. The maximum Gasteiger partial charge on any atom is 0.236 e. The molecule has 17 heavy (non-hydrogen) atoms. The van der Waals surface area contributed by atoms with Gasteiger partial charge in [0.2, 0.25) is 5.91 Å². The van der Waals surface area contributed by atoms with E-state index < -0.39 is 0 Å². The first kappa shape index (κ1) is 12.8. The van der Waals surface area contributed by atoms with E-state index in [0.29, 0.717) is 19.2 Å². The molecule has 2 unspecified atom stereocenters. The Kier molecular flexibility index (Phi) is 4.01. The maximum atomic E-state index is 11.5. The van der Waals surface area contributed by atoms with Crippen LogP contribution in [0.5, 0.6) is 0 Å². The van der Waals surface area contributed by atoms with Crippen molar-refractivity contribution in [1.29, 1.82) is 0 Å². The second-order valence-corrected chi connectivity index (χ2v) is 5.19. The van der Waals surface area contributed by atoms with Crippen molar-refractivity contribution in [3.63, 3.8) is 0 Å². The summed E-state index contributed by atoms with van der Waals surface area (Å²) in [6, 6.07) is 0.370. The summed E-state index contributed by atoms with van der Waals surface area (Å²) >= 11 is 0. The second-order valence-electron chi connectivity index (χ2n) is 5.19. The van der Waals surface area contributed by atoms with Gasteiger partial charge in [-0.2, -0.15) is 0 Å². The highest BCUT2D eigenvalue weighted by Crippen LogP contribution is 2.32. The molecule has 0 aliphatic carbocycles. The number of hydrogen-bond donors (Lipinski definition) is 1. The fourth-order valence-electron chi connectivity index (χ4n) is 2.46. The molecule has 0 bridgehead atoms. The summed E-state index contributed by atoms with van der Waals surface area (Å²) in [6.45, 7) is 2.67. The summed E-state index contributed by atoms with van der Waals surface area (Å²) < 4.78 is 11.3. The van der Waals surface area contributed by atoms with E-state index in [4.69, 9.17) is 9.47 Å². The predicted octanol–water partition coefficient (Wildman–Crippen LogP) is 0.00230. The van der Waals surface area contributed by atoms with E-state index in [1.807, 2.05) is 0 Å². The molecule has 1 N–H and O–H groups in total. The highest BCUT2D eigenvalue weighted by molar-refractivity contribution is 5.77. The van der Waals surface area contributed by atoms with Crippen molar-refractivity contribution in [1.82, 2.24) is 10.2 Å². The molecule has 0 aromatic rings. The van der Waals surface area contributed by atoms with Crippen molar-refractivity contribution < 1.29 is 14.3 Å². The molecule has 2 saturated heterocycles. The summed E-state index contributed by atoms with van der Waals surface area (Å²) in [5, 5.41) is 3.33. The summed E-state index contributed by atoms with van der Waals surface area (Å²) in [6.07, 6.45) is 2.91. The number of nitrogens with zero attached hydrogens (tertiary/aromatic N) is 1. The Balaban J connectivity index is 1.79. The van der Waals surface area contributed by atoms with Crippen molar-refractivity contribution in [2.75, 3.05) is 40.5 Å². The third-order valence-corrected chi connectivity index (χ3v) is 3.60. The zero-order chi connectivity index (χ0) is 12.3. The van der Waals surface area contributed by atoms with Gasteiger partial charge in [0.1, 0.15) is 0 Å². The Morgan fingerprint density at radius 2 is 2.29 bits per heavy atom. The molecular weight excluding hydrogens is 220 g/mol. The standard InChI is InChI=1S/C12H22N2O3/c1-14(2)11(15)8-13-10-3-5-17-12(7-10)4-6-16-9-12/h10,13H,3-9H2,1-2H3. The third kappa shape index (κ3) is 3.18. The normalized spacial score (nSPS) is 32.9. The molecule has 98 valence electrons. The lowest BCUT2D eigenvalue weighted by atomic mass is 9.90. The van der Waals surface area contributed by atoms with Gasteiger partial charge in [-0.25, -0.2) is 0 Å². The molecule has 0 saturated carbocycles.